The summed E-state index contributed by atoms with van der Waals surface area (Å²) < 4.78 is 1.20. The lowest BCUT2D eigenvalue weighted by atomic mass is 9.99. The van der Waals surface area contributed by atoms with Crippen molar-refractivity contribution in [1.82, 2.24) is 24.6 Å². The van der Waals surface area contributed by atoms with E-state index in [-0.39, 0.29) is 0 Å². The minimum atomic E-state index is -0.628. The number of imidazole rings is 1. The number of carbonyl (C=O) groups is 1. The van der Waals surface area contributed by atoms with Crippen molar-refractivity contribution >= 4 is 33.7 Å². The molecule has 4 aromatic rings. The van der Waals surface area contributed by atoms with E-state index in [2.05, 4.69) is 44.1 Å². The number of primary amides is 1. The number of fused-ring (bicyclic) bond motifs is 2. The molecule has 4 heterocycles. The molecule has 1 radical (unpaired) electrons. The first kappa shape index (κ1) is 20.2. The first-order valence-corrected chi connectivity index (χ1v) is 11.9. The molecule has 3 N–H and O–H groups in total. The molecule has 0 bridgehead atoms. The zero-order chi connectivity index (χ0) is 22.4. The second-order valence-electron chi connectivity index (χ2n) is 9.14. The van der Waals surface area contributed by atoms with Gasteiger partial charge in [-0.15, -0.1) is 0 Å². The third-order valence-electron chi connectivity index (χ3n) is 7.16. The van der Waals surface area contributed by atoms with Gasteiger partial charge in [-0.3, -0.25) is 0 Å². The van der Waals surface area contributed by atoms with Crippen LogP contribution in [-0.4, -0.2) is 62.9 Å². The zero-order valence-corrected chi connectivity index (χ0v) is 18.6. The van der Waals surface area contributed by atoms with Gasteiger partial charge in [0.15, 0.2) is 5.82 Å². The quantitative estimate of drug-likeness (QED) is 0.504. The van der Waals surface area contributed by atoms with E-state index >= 15 is 0 Å². The van der Waals surface area contributed by atoms with Crippen LogP contribution in [0.25, 0.3) is 33.5 Å². The Morgan fingerprint density at radius 3 is 2.70 bits per heavy atom. The van der Waals surface area contributed by atoms with Crippen LogP contribution in [0.4, 0.5) is 10.5 Å². The lowest BCUT2D eigenvalue weighted by Crippen LogP contribution is -2.46. The summed E-state index contributed by atoms with van der Waals surface area (Å²) in [5.41, 5.74) is 9.81. The van der Waals surface area contributed by atoms with Gasteiger partial charge >= 0.3 is 6.03 Å². The monoisotopic (exact) mass is 442 g/mol. The van der Waals surface area contributed by atoms with E-state index in [4.69, 9.17) is 10.7 Å². The smallest absolute Gasteiger partial charge is 0.340 e. The number of H-pyrrole nitrogens is 1. The molecule has 2 aliphatic rings. The van der Waals surface area contributed by atoms with Gasteiger partial charge in [0.2, 0.25) is 0 Å². The summed E-state index contributed by atoms with van der Waals surface area (Å²) >= 11 is 0. The van der Waals surface area contributed by atoms with E-state index in [1.165, 1.54) is 55.6 Å². The molecule has 33 heavy (non-hydrogen) atoms. The van der Waals surface area contributed by atoms with Crippen molar-refractivity contribution in [3.8, 4) is 11.5 Å². The van der Waals surface area contributed by atoms with Gasteiger partial charge in [0.1, 0.15) is 5.69 Å². The van der Waals surface area contributed by atoms with Crippen LogP contribution in [0.5, 0.6) is 0 Å². The number of aromatic amines is 1. The topological polar surface area (TPSA) is 96.1 Å². The predicted octanol–water partition coefficient (Wildman–Crippen LogP) is 3.76. The van der Waals surface area contributed by atoms with Crippen LogP contribution in [0.3, 0.4) is 0 Å². The second-order valence-corrected chi connectivity index (χ2v) is 9.14. The highest BCUT2D eigenvalue weighted by molar-refractivity contribution is 5.98. The average Bonchev–Trinajstić information content (AvgIpc) is 3.46. The van der Waals surface area contributed by atoms with Crippen molar-refractivity contribution in [3.63, 3.8) is 0 Å². The number of piperidine rings is 2. The number of rotatable bonds is 3. The van der Waals surface area contributed by atoms with Gasteiger partial charge in [0.05, 0.1) is 16.6 Å². The molecule has 8 nitrogen and oxygen atoms in total. The molecule has 0 unspecified atom stereocenters. The van der Waals surface area contributed by atoms with E-state index < -0.39 is 6.03 Å². The van der Waals surface area contributed by atoms with Crippen LogP contribution >= 0.6 is 0 Å². The summed E-state index contributed by atoms with van der Waals surface area (Å²) in [6.45, 7) is 4.70. The summed E-state index contributed by atoms with van der Waals surface area (Å²) in [6, 6.07) is 14.9. The zero-order valence-electron chi connectivity index (χ0n) is 18.6. The third-order valence-corrected chi connectivity index (χ3v) is 7.16. The van der Waals surface area contributed by atoms with E-state index in [9.17, 15) is 4.79 Å². The molecular formula is C25H28N7O. The number of nitrogens with two attached hydrogens (primary N) is 1. The maximum absolute atomic E-state index is 11.8. The number of nitrogens with zero attached hydrogens (tertiary/aromatic N) is 5. The van der Waals surface area contributed by atoms with Gasteiger partial charge in [0.25, 0.3) is 0 Å². The Hall–Kier alpha value is -3.39. The molecule has 0 saturated carbocycles. The number of aromatic nitrogens is 4. The fraction of sp³-hybridized carbons (Fsp3) is 0.400. The van der Waals surface area contributed by atoms with Crippen LogP contribution in [-0.2, 0) is 0 Å². The summed E-state index contributed by atoms with van der Waals surface area (Å²) in [7, 11) is 0. The molecule has 0 aliphatic carbocycles. The van der Waals surface area contributed by atoms with E-state index in [0.717, 1.165) is 35.6 Å². The first-order chi connectivity index (χ1) is 16.2. The Labute approximate surface area is 192 Å². The standard InChI is InChI=1S/C25H28N7O/c26-25(33)32-22-7-3-2-6-19(22)23(29-32)24-27-20-9-8-18(16-21(20)28-24)31-14-10-17(11-15-31)30-12-4-1-5-13-30/h2,6-9,16-17H,1,4-5,10-15H2,(H2,26,33)(H,27,28). The minimum Gasteiger partial charge on any atom is -0.371 e. The summed E-state index contributed by atoms with van der Waals surface area (Å²) in [4.78, 5) is 25.2. The Morgan fingerprint density at radius 2 is 1.91 bits per heavy atom. The molecule has 6 rings (SSSR count). The van der Waals surface area contributed by atoms with Gasteiger partial charge in [-0.05, 0) is 75.2 Å². The van der Waals surface area contributed by atoms with Crippen LogP contribution in [0.2, 0.25) is 0 Å². The maximum atomic E-state index is 11.8. The molecule has 169 valence electrons. The summed E-state index contributed by atoms with van der Waals surface area (Å²) in [6.07, 6.45) is 6.53. The average molecular weight is 443 g/mol. The molecule has 0 spiro atoms. The van der Waals surface area contributed by atoms with Crippen molar-refractivity contribution < 1.29 is 4.79 Å². The van der Waals surface area contributed by atoms with Crippen molar-refractivity contribution in [1.29, 1.82) is 0 Å². The normalized spacial score (nSPS) is 18.4. The van der Waals surface area contributed by atoms with Gasteiger partial charge < -0.3 is 20.5 Å². The minimum absolute atomic E-state index is 0.609. The highest BCUT2D eigenvalue weighted by Gasteiger charge is 2.26. The SMILES string of the molecule is NC(=O)n1nc(-c2nc3ccc(N4CCC(N5CCCCC5)CC4)cc3[nH]2)c2cc[c]cc21. The van der Waals surface area contributed by atoms with E-state index in [0.29, 0.717) is 17.0 Å². The molecule has 2 fully saturated rings. The van der Waals surface area contributed by atoms with Crippen molar-refractivity contribution in [2.75, 3.05) is 31.1 Å². The van der Waals surface area contributed by atoms with E-state index in [1.54, 1.807) is 12.1 Å². The van der Waals surface area contributed by atoms with Crippen molar-refractivity contribution in [2.24, 2.45) is 5.73 Å². The van der Waals surface area contributed by atoms with Crippen LogP contribution < -0.4 is 10.6 Å². The van der Waals surface area contributed by atoms with Crippen LogP contribution in [0.15, 0.2) is 36.4 Å². The third kappa shape index (κ3) is 3.64. The molecule has 2 aromatic heterocycles. The fourth-order valence-corrected chi connectivity index (χ4v) is 5.43. The maximum Gasteiger partial charge on any atom is 0.340 e. The number of benzene rings is 2. The largest absolute Gasteiger partial charge is 0.371 e. The predicted molar refractivity (Wildman–Crippen MR) is 129 cm³/mol. The highest BCUT2D eigenvalue weighted by Crippen LogP contribution is 2.30. The number of carbonyl (C=O) groups excluding carboxylic acids is 1. The molecule has 2 saturated heterocycles. The molecule has 1 amide bonds. The Kier molecular flexibility index (Phi) is 5.02. The first-order valence-electron chi connectivity index (χ1n) is 11.9. The van der Waals surface area contributed by atoms with Crippen LogP contribution in [0.1, 0.15) is 32.1 Å². The Bertz CT molecular complexity index is 1310. The molecule has 8 heteroatoms. The Morgan fingerprint density at radius 1 is 1.09 bits per heavy atom. The second kappa shape index (κ2) is 8.19. The van der Waals surface area contributed by atoms with Crippen molar-refractivity contribution in [2.45, 2.75) is 38.1 Å². The molecule has 0 atom stereocenters. The number of hydrogen-bond acceptors (Lipinski definition) is 5. The molecular weight excluding hydrogens is 414 g/mol. The highest BCUT2D eigenvalue weighted by atomic mass is 16.2. The van der Waals surface area contributed by atoms with Gasteiger partial charge in [0, 0.05) is 30.2 Å². The molecule has 2 aromatic carbocycles. The lowest BCUT2D eigenvalue weighted by molar-refractivity contribution is 0.141. The number of anilines is 1. The Balaban J connectivity index is 1.26. The van der Waals surface area contributed by atoms with Gasteiger partial charge in [-0.1, -0.05) is 12.5 Å². The van der Waals surface area contributed by atoms with Gasteiger partial charge in [-0.25, -0.2) is 9.78 Å². The molecule has 2 aliphatic heterocycles. The van der Waals surface area contributed by atoms with E-state index in [1.807, 2.05) is 6.07 Å². The fourth-order valence-electron chi connectivity index (χ4n) is 5.43. The summed E-state index contributed by atoms with van der Waals surface area (Å²) in [5, 5.41) is 5.24. The summed E-state index contributed by atoms with van der Waals surface area (Å²) in [5.74, 6) is 0.627. The lowest BCUT2D eigenvalue weighted by Gasteiger charge is -2.41. The number of likely N-dealkylation sites (tertiary alicyclic amines) is 1. The van der Waals surface area contributed by atoms with Crippen LogP contribution in [0, 0.1) is 6.07 Å². The van der Waals surface area contributed by atoms with Gasteiger partial charge in [-0.2, -0.15) is 9.78 Å². The number of nitrogens with one attached hydrogen (secondary N) is 1. The van der Waals surface area contributed by atoms with Crippen molar-refractivity contribution in [3.05, 3.63) is 42.5 Å². The number of hydrogen-bond donors (Lipinski definition) is 2. The number of amides is 1.